The number of aryl methyl sites for hydroxylation is 2. The number of amides is 1. The van der Waals surface area contributed by atoms with Crippen molar-refractivity contribution in [2.24, 2.45) is 5.41 Å². The summed E-state index contributed by atoms with van der Waals surface area (Å²) < 4.78 is 13.9. The van der Waals surface area contributed by atoms with Gasteiger partial charge in [-0.05, 0) is 13.3 Å². The highest BCUT2D eigenvalue weighted by atomic mass is 16.7. The van der Waals surface area contributed by atoms with E-state index in [2.05, 4.69) is 33.6 Å². The van der Waals surface area contributed by atoms with Gasteiger partial charge >= 0.3 is 6.16 Å². The predicted molar refractivity (Wildman–Crippen MR) is 103 cm³/mol. The molecule has 0 aliphatic carbocycles. The molecule has 0 aromatic carbocycles. The molecule has 1 unspecified atom stereocenters. The van der Waals surface area contributed by atoms with Gasteiger partial charge in [0, 0.05) is 19.4 Å². The van der Waals surface area contributed by atoms with Gasteiger partial charge in [0.05, 0.1) is 19.7 Å². The third-order valence-electron chi connectivity index (χ3n) is 4.27. The fourth-order valence-electron chi connectivity index (χ4n) is 2.36. The van der Waals surface area contributed by atoms with Crippen molar-refractivity contribution in [3.8, 4) is 12.3 Å². The molecule has 0 radical (unpaired) electrons. The summed E-state index contributed by atoms with van der Waals surface area (Å²) in [5.74, 6) is 1.96. The molecule has 28 heavy (non-hydrogen) atoms. The van der Waals surface area contributed by atoms with Gasteiger partial charge in [0.15, 0.2) is 0 Å². The number of carbonyl (C=O) groups excluding carboxylic acids is 2. The van der Waals surface area contributed by atoms with Gasteiger partial charge in [0.25, 0.3) is 0 Å². The molecule has 0 spiro atoms. The van der Waals surface area contributed by atoms with Gasteiger partial charge in [-0.2, -0.15) is 0 Å². The number of unbranched alkanes of at least 4 members (excludes halogenated alkanes) is 1. The minimum Gasteiger partial charge on any atom is -0.433 e. The van der Waals surface area contributed by atoms with Crippen molar-refractivity contribution in [2.45, 2.75) is 52.6 Å². The van der Waals surface area contributed by atoms with Crippen molar-refractivity contribution in [1.82, 2.24) is 9.88 Å². The molecule has 156 valence electrons. The van der Waals surface area contributed by atoms with Crippen LogP contribution in [0.2, 0.25) is 0 Å². The second-order valence-electron chi connectivity index (χ2n) is 6.91. The highest BCUT2D eigenvalue weighted by Crippen LogP contribution is 2.16. The summed E-state index contributed by atoms with van der Waals surface area (Å²) >= 11 is 0. The molecule has 0 aliphatic rings. The van der Waals surface area contributed by atoms with Crippen LogP contribution in [-0.2, 0) is 27.4 Å². The summed E-state index contributed by atoms with van der Waals surface area (Å²) in [6, 6.07) is 0. The van der Waals surface area contributed by atoms with Gasteiger partial charge in [-0.1, -0.05) is 13.3 Å². The number of rotatable bonds is 13. The maximum Gasteiger partial charge on any atom is 0.508 e. The zero-order valence-electron chi connectivity index (χ0n) is 16.9. The Morgan fingerprint density at radius 1 is 1.36 bits per heavy atom. The topological polar surface area (TPSA) is 93.7 Å². The Labute approximate surface area is 166 Å². The van der Waals surface area contributed by atoms with E-state index in [-0.39, 0.29) is 25.5 Å². The molecule has 0 saturated carbocycles. The van der Waals surface area contributed by atoms with Crippen LogP contribution in [0.25, 0.3) is 0 Å². The average Bonchev–Trinajstić information content (AvgIpc) is 3.15. The van der Waals surface area contributed by atoms with Crippen LogP contribution in [0.4, 0.5) is 4.79 Å². The number of nitrogens with zero attached hydrogens (tertiary/aromatic N) is 2. The quantitative estimate of drug-likeness (QED) is 0.227. The smallest absolute Gasteiger partial charge is 0.433 e. The Hall–Kier alpha value is -2.53. The van der Waals surface area contributed by atoms with Gasteiger partial charge in [-0.3, -0.25) is 4.79 Å². The molecule has 0 bridgehead atoms. The van der Waals surface area contributed by atoms with Crippen LogP contribution in [0.3, 0.4) is 0 Å². The van der Waals surface area contributed by atoms with E-state index in [1.54, 1.807) is 0 Å². The van der Waals surface area contributed by atoms with Crippen LogP contribution < -0.4 is 9.88 Å². The number of carbonyl (C=O) groups is 2. The number of nitrogens with one attached hydrogen (secondary N) is 1. The third-order valence-corrected chi connectivity index (χ3v) is 4.27. The first-order valence-corrected chi connectivity index (χ1v) is 9.62. The van der Waals surface area contributed by atoms with Gasteiger partial charge in [-0.15, -0.1) is 12.3 Å². The lowest BCUT2D eigenvalue weighted by atomic mass is 9.92. The molecule has 1 atom stereocenters. The molecule has 1 amide bonds. The lowest BCUT2D eigenvalue weighted by molar-refractivity contribution is -0.696. The number of terminal acetylenes is 1. The fourth-order valence-corrected chi connectivity index (χ4v) is 2.36. The number of aliphatic hydroxyl groups is 1. The van der Waals surface area contributed by atoms with Gasteiger partial charge in [0.2, 0.25) is 12.2 Å². The Kier molecular flexibility index (Phi) is 10.7. The maximum atomic E-state index is 12.4. The zero-order chi connectivity index (χ0) is 20.8. The molecular weight excluding hydrogens is 362 g/mol. The molecule has 8 nitrogen and oxygen atoms in total. The van der Waals surface area contributed by atoms with Crippen molar-refractivity contribution < 1.29 is 28.7 Å². The molecular formula is C20H32N3O5+. The SMILES string of the molecule is C#CCCOC(=O)OCC(C)(CO)C(=O)NCCCn1cc[n+](CCCC)c1. The lowest BCUT2D eigenvalue weighted by Gasteiger charge is -2.25. The molecule has 1 heterocycles. The second kappa shape index (κ2) is 12.8. The first-order chi connectivity index (χ1) is 13.4. The van der Waals surface area contributed by atoms with E-state index >= 15 is 0 Å². The summed E-state index contributed by atoms with van der Waals surface area (Å²) in [7, 11) is 0. The summed E-state index contributed by atoms with van der Waals surface area (Å²) in [6.07, 6.45) is 13.6. The third kappa shape index (κ3) is 8.44. The van der Waals surface area contributed by atoms with E-state index in [4.69, 9.17) is 15.9 Å². The molecule has 8 heteroatoms. The Morgan fingerprint density at radius 2 is 2.14 bits per heavy atom. The summed E-state index contributed by atoms with van der Waals surface area (Å²) in [5.41, 5.74) is -1.23. The Bertz CT molecular complexity index is 653. The predicted octanol–water partition coefficient (Wildman–Crippen LogP) is 1.26. The molecule has 1 aromatic heterocycles. The molecule has 0 saturated heterocycles. The lowest BCUT2D eigenvalue weighted by Crippen LogP contribution is -2.45. The minimum absolute atomic E-state index is 0.0508. The van der Waals surface area contributed by atoms with Gasteiger partial charge in [-0.25, -0.2) is 13.9 Å². The molecule has 1 rings (SSSR count). The molecule has 0 fully saturated rings. The zero-order valence-corrected chi connectivity index (χ0v) is 16.9. The van der Waals surface area contributed by atoms with Crippen LogP contribution in [-0.4, -0.2) is 48.1 Å². The van der Waals surface area contributed by atoms with Crippen LogP contribution in [0.15, 0.2) is 18.7 Å². The maximum absolute atomic E-state index is 12.4. The van der Waals surface area contributed by atoms with E-state index < -0.39 is 18.2 Å². The Balaban J connectivity index is 2.33. The number of aliphatic hydroxyl groups excluding tert-OH is 1. The first-order valence-electron chi connectivity index (χ1n) is 9.62. The van der Waals surface area contributed by atoms with Gasteiger partial charge < -0.3 is 19.9 Å². The largest absolute Gasteiger partial charge is 0.508 e. The fraction of sp³-hybridized carbons (Fsp3) is 0.650. The number of ether oxygens (including phenoxy) is 2. The number of imidazole rings is 1. The second-order valence-corrected chi connectivity index (χ2v) is 6.91. The highest BCUT2D eigenvalue weighted by Gasteiger charge is 2.34. The first kappa shape index (κ1) is 23.5. The molecule has 2 N–H and O–H groups in total. The van der Waals surface area contributed by atoms with Crippen LogP contribution >= 0.6 is 0 Å². The summed E-state index contributed by atoms with van der Waals surface area (Å²) in [4.78, 5) is 23.8. The number of aromatic nitrogens is 2. The van der Waals surface area contributed by atoms with E-state index in [1.165, 1.54) is 6.92 Å². The van der Waals surface area contributed by atoms with Crippen molar-refractivity contribution in [1.29, 1.82) is 0 Å². The van der Waals surface area contributed by atoms with E-state index in [1.807, 2.05) is 12.4 Å². The van der Waals surface area contributed by atoms with Crippen molar-refractivity contribution >= 4 is 12.1 Å². The van der Waals surface area contributed by atoms with Crippen molar-refractivity contribution in [3.63, 3.8) is 0 Å². The van der Waals surface area contributed by atoms with E-state index in [0.29, 0.717) is 6.54 Å². The van der Waals surface area contributed by atoms with E-state index in [0.717, 1.165) is 32.4 Å². The normalized spacial score (nSPS) is 12.6. The standard InChI is InChI=1S/C20H31N3O5/c1-4-6-10-22-12-13-23(17-22)11-8-9-21-18(25)20(3,15-24)16-28-19(26)27-14-7-5-2/h2,12-13,17,24H,4,6-11,14-16H2,1,3H3/p+1. The molecule has 1 aromatic rings. The van der Waals surface area contributed by atoms with Gasteiger partial charge in [0.1, 0.15) is 31.0 Å². The average molecular weight is 394 g/mol. The monoisotopic (exact) mass is 394 g/mol. The minimum atomic E-state index is -1.23. The summed E-state index contributed by atoms with van der Waals surface area (Å²) in [5, 5.41) is 12.3. The summed E-state index contributed by atoms with van der Waals surface area (Å²) in [6.45, 7) is 5.23. The highest BCUT2D eigenvalue weighted by molar-refractivity contribution is 5.82. The van der Waals surface area contributed by atoms with Crippen LogP contribution in [0, 0.1) is 17.8 Å². The molecule has 0 aliphatic heterocycles. The Morgan fingerprint density at radius 3 is 2.82 bits per heavy atom. The van der Waals surface area contributed by atoms with Crippen LogP contribution in [0.5, 0.6) is 0 Å². The van der Waals surface area contributed by atoms with Crippen LogP contribution in [0.1, 0.15) is 39.5 Å². The van der Waals surface area contributed by atoms with Crippen molar-refractivity contribution in [3.05, 3.63) is 18.7 Å². The number of hydrogen-bond donors (Lipinski definition) is 2. The van der Waals surface area contributed by atoms with Crippen molar-refractivity contribution in [2.75, 3.05) is 26.4 Å². The van der Waals surface area contributed by atoms with E-state index in [9.17, 15) is 14.7 Å². The number of hydrogen-bond acceptors (Lipinski definition) is 5.